The Morgan fingerprint density at radius 2 is 2.00 bits per heavy atom. The van der Waals surface area contributed by atoms with Crippen molar-refractivity contribution in [3.05, 3.63) is 41.2 Å². The first-order valence-corrected chi connectivity index (χ1v) is 8.59. The molecular weight excluding hydrogens is 302 g/mol. The van der Waals surface area contributed by atoms with Gasteiger partial charge >= 0.3 is 0 Å². The average molecular weight is 327 g/mol. The maximum absolute atomic E-state index is 12.2. The van der Waals surface area contributed by atoms with Crippen LogP contribution in [0.15, 0.2) is 24.3 Å². The largest absolute Gasteiger partial charge is 0.317 e. The second-order valence-corrected chi connectivity index (χ2v) is 6.48. The van der Waals surface area contributed by atoms with E-state index in [1.54, 1.807) is 4.68 Å². The van der Waals surface area contributed by atoms with Gasteiger partial charge in [-0.2, -0.15) is 10.1 Å². The van der Waals surface area contributed by atoms with Gasteiger partial charge in [0.2, 0.25) is 11.9 Å². The second-order valence-electron chi connectivity index (χ2n) is 6.48. The van der Waals surface area contributed by atoms with E-state index in [1.165, 1.54) is 11.1 Å². The van der Waals surface area contributed by atoms with E-state index in [-0.39, 0.29) is 5.91 Å². The summed E-state index contributed by atoms with van der Waals surface area (Å²) in [4.78, 5) is 16.7. The van der Waals surface area contributed by atoms with Gasteiger partial charge in [0.15, 0.2) is 5.82 Å². The summed E-state index contributed by atoms with van der Waals surface area (Å²) in [6, 6.07) is 8.28. The molecule has 0 spiro atoms. The van der Waals surface area contributed by atoms with E-state index in [2.05, 4.69) is 51.9 Å². The lowest BCUT2D eigenvalue weighted by Crippen LogP contribution is -2.27. The molecule has 1 saturated heterocycles. The topological polar surface area (TPSA) is 71.8 Å². The lowest BCUT2D eigenvalue weighted by molar-refractivity contribution is -0.116. The number of aryl methyl sites for hydroxylation is 3. The van der Waals surface area contributed by atoms with Crippen LogP contribution in [0.1, 0.15) is 42.1 Å². The molecule has 24 heavy (non-hydrogen) atoms. The van der Waals surface area contributed by atoms with Crippen molar-refractivity contribution in [3.8, 4) is 0 Å². The van der Waals surface area contributed by atoms with Gasteiger partial charge < -0.3 is 5.32 Å². The summed E-state index contributed by atoms with van der Waals surface area (Å²) in [5, 5.41) is 10.7. The molecule has 1 aromatic carbocycles. The molecule has 2 heterocycles. The molecule has 1 aromatic heterocycles. The third kappa shape index (κ3) is 4.20. The number of carbonyl (C=O) groups excluding carboxylic acids is 1. The van der Waals surface area contributed by atoms with Crippen LogP contribution >= 0.6 is 0 Å². The molecule has 0 atom stereocenters. The standard InChI is InChI=1S/C18H25N5O/c1-13-3-5-14(6-4-13)7-8-16(24)20-18-21-17(22-23(18)2)15-9-11-19-12-10-15/h3-6,15,19H,7-12H2,1-2H3,(H,20,21,22,24). The SMILES string of the molecule is Cc1ccc(CCC(=O)Nc2nc(C3CCNCC3)nn2C)cc1. The molecule has 1 aliphatic rings. The van der Waals surface area contributed by atoms with Crippen LogP contribution in [0.5, 0.6) is 0 Å². The van der Waals surface area contributed by atoms with Gasteiger partial charge in [-0.1, -0.05) is 29.8 Å². The van der Waals surface area contributed by atoms with Crippen LogP contribution in [-0.2, 0) is 18.3 Å². The minimum atomic E-state index is -0.0251. The van der Waals surface area contributed by atoms with Crippen LogP contribution in [0.4, 0.5) is 5.95 Å². The fourth-order valence-electron chi connectivity index (χ4n) is 2.97. The zero-order chi connectivity index (χ0) is 16.9. The second kappa shape index (κ2) is 7.57. The maximum Gasteiger partial charge on any atom is 0.227 e. The highest BCUT2D eigenvalue weighted by Crippen LogP contribution is 2.23. The quantitative estimate of drug-likeness (QED) is 0.883. The van der Waals surface area contributed by atoms with Crippen LogP contribution in [0.25, 0.3) is 0 Å². The number of anilines is 1. The molecule has 1 aliphatic heterocycles. The first kappa shape index (κ1) is 16.6. The van der Waals surface area contributed by atoms with Crippen LogP contribution < -0.4 is 10.6 Å². The van der Waals surface area contributed by atoms with E-state index in [9.17, 15) is 4.79 Å². The minimum Gasteiger partial charge on any atom is -0.317 e. The van der Waals surface area contributed by atoms with E-state index in [1.807, 2.05) is 7.05 Å². The molecule has 3 rings (SSSR count). The summed E-state index contributed by atoms with van der Waals surface area (Å²) in [5.41, 5.74) is 2.40. The Labute approximate surface area is 142 Å². The van der Waals surface area contributed by atoms with Crippen molar-refractivity contribution in [2.45, 2.75) is 38.5 Å². The van der Waals surface area contributed by atoms with Crippen molar-refractivity contribution in [1.29, 1.82) is 0 Å². The van der Waals surface area contributed by atoms with Crippen molar-refractivity contribution >= 4 is 11.9 Å². The van der Waals surface area contributed by atoms with Crippen molar-refractivity contribution < 1.29 is 4.79 Å². The average Bonchev–Trinajstić information content (AvgIpc) is 2.96. The summed E-state index contributed by atoms with van der Waals surface area (Å²) < 4.78 is 1.67. The third-order valence-electron chi connectivity index (χ3n) is 4.50. The molecule has 1 amide bonds. The number of amides is 1. The summed E-state index contributed by atoms with van der Waals surface area (Å²) in [6.07, 6.45) is 3.26. The minimum absolute atomic E-state index is 0.0251. The Morgan fingerprint density at radius 1 is 1.29 bits per heavy atom. The van der Waals surface area contributed by atoms with E-state index in [0.717, 1.165) is 38.2 Å². The Bertz CT molecular complexity index is 686. The predicted octanol–water partition coefficient (Wildman–Crippen LogP) is 2.16. The van der Waals surface area contributed by atoms with Gasteiger partial charge in [-0.05, 0) is 44.8 Å². The fraction of sp³-hybridized carbons (Fsp3) is 0.500. The molecule has 0 radical (unpaired) electrons. The lowest BCUT2D eigenvalue weighted by Gasteiger charge is -2.19. The fourth-order valence-corrected chi connectivity index (χ4v) is 2.97. The molecule has 6 heteroatoms. The van der Waals surface area contributed by atoms with Gasteiger partial charge in [-0.3, -0.25) is 10.1 Å². The molecule has 0 unspecified atom stereocenters. The van der Waals surface area contributed by atoms with Gasteiger partial charge in [0.05, 0.1) is 0 Å². The molecule has 128 valence electrons. The summed E-state index contributed by atoms with van der Waals surface area (Å²) >= 11 is 0. The van der Waals surface area contributed by atoms with Crippen molar-refractivity contribution in [2.75, 3.05) is 18.4 Å². The van der Waals surface area contributed by atoms with E-state index in [0.29, 0.717) is 18.3 Å². The van der Waals surface area contributed by atoms with E-state index >= 15 is 0 Å². The monoisotopic (exact) mass is 327 g/mol. The molecular formula is C18H25N5O. The Kier molecular flexibility index (Phi) is 5.25. The van der Waals surface area contributed by atoms with E-state index in [4.69, 9.17) is 0 Å². The smallest absolute Gasteiger partial charge is 0.227 e. The molecule has 0 aliphatic carbocycles. The number of aromatic nitrogens is 3. The highest BCUT2D eigenvalue weighted by molar-refractivity contribution is 5.89. The van der Waals surface area contributed by atoms with E-state index < -0.39 is 0 Å². The molecule has 0 saturated carbocycles. The first-order valence-electron chi connectivity index (χ1n) is 8.59. The number of rotatable bonds is 5. The summed E-state index contributed by atoms with van der Waals surface area (Å²) in [7, 11) is 1.83. The number of piperidine rings is 1. The normalized spacial score (nSPS) is 15.4. The molecule has 0 bridgehead atoms. The number of hydrogen-bond donors (Lipinski definition) is 2. The zero-order valence-electron chi connectivity index (χ0n) is 14.4. The van der Waals surface area contributed by atoms with Gasteiger partial charge in [0.1, 0.15) is 0 Å². The Morgan fingerprint density at radius 3 is 2.71 bits per heavy atom. The molecule has 1 fully saturated rings. The number of nitrogens with zero attached hydrogens (tertiary/aromatic N) is 3. The molecule has 6 nitrogen and oxygen atoms in total. The predicted molar refractivity (Wildman–Crippen MR) is 94.0 cm³/mol. The summed E-state index contributed by atoms with van der Waals surface area (Å²) in [5.74, 6) is 1.74. The van der Waals surface area contributed by atoms with Gasteiger partial charge in [-0.15, -0.1) is 0 Å². The van der Waals surface area contributed by atoms with Gasteiger partial charge in [0, 0.05) is 19.4 Å². The first-order chi connectivity index (χ1) is 11.6. The Balaban J connectivity index is 1.55. The van der Waals surface area contributed by atoms with Gasteiger partial charge in [0.25, 0.3) is 0 Å². The number of carbonyl (C=O) groups is 1. The number of hydrogen-bond acceptors (Lipinski definition) is 4. The highest BCUT2D eigenvalue weighted by atomic mass is 16.1. The maximum atomic E-state index is 12.2. The summed E-state index contributed by atoms with van der Waals surface area (Å²) in [6.45, 7) is 4.06. The van der Waals surface area contributed by atoms with Crippen LogP contribution in [0, 0.1) is 6.92 Å². The van der Waals surface area contributed by atoms with Crippen LogP contribution in [0.3, 0.4) is 0 Å². The highest BCUT2D eigenvalue weighted by Gasteiger charge is 2.21. The Hall–Kier alpha value is -2.21. The van der Waals surface area contributed by atoms with Crippen LogP contribution in [0.2, 0.25) is 0 Å². The number of benzene rings is 1. The van der Waals surface area contributed by atoms with Gasteiger partial charge in [-0.25, -0.2) is 4.68 Å². The van der Waals surface area contributed by atoms with Crippen molar-refractivity contribution in [3.63, 3.8) is 0 Å². The molecule has 2 N–H and O–H groups in total. The zero-order valence-corrected chi connectivity index (χ0v) is 14.4. The van der Waals surface area contributed by atoms with Crippen LogP contribution in [-0.4, -0.2) is 33.8 Å². The third-order valence-corrected chi connectivity index (χ3v) is 4.50. The molecule has 2 aromatic rings. The van der Waals surface area contributed by atoms with Crippen molar-refractivity contribution in [1.82, 2.24) is 20.1 Å². The number of nitrogens with one attached hydrogen (secondary N) is 2. The van der Waals surface area contributed by atoms with Crippen molar-refractivity contribution in [2.24, 2.45) is 7.05 Å². The lowest BCUT2D eigenvalue weighted by atomic mass is 9.98.